The summed E-state index contributed by atoms with van der Waals surface area (Å²) in [6, 6.07) is 3.48. The second kappa shape index (κ2) is 6.67. The van der Waals surface area contributed by atoms with Crippen LogP contribution in [0.4, 0.5) is 0 Å². The van der Waals surface area contributed by atoms with E-state index in [1.165, 1.54) is 6.92 Å². The Bertz CT molecular complexity index is 617. The second-order valence-electron chi connectivity index (χ2n) is 5.26. The van der Waals surface area contributed by atoms with Gasteiger partial charge in [0.05, 0.1) is 10.9 Å². The molecule has 2 aromatic heterocycles. The fourth-order valence-corrected chi connectivity index (χ4v) is 2.92. The molecular weight excluding hydrogens is 286 g/mol. The highest BCUT2D eigenvalue weighted by Crippen LogP contribution is 2.22. The number of carbonyl (C=O) groups is 2. The predicted octanol–water partition coefficient (Wildman–Crippen LogP) is 2.34. The lowest BCUT2D eigenvalue weighted by molar-refractivity contribution is -0.128. The van der Waals surface area contributed by atoms with Crippen LogP contribution in [0, 0.1) is 5.92 Å². The van der Waals surface area contributed by atoms with Gasteiger partial charge < -0.3 is 9.88 Å². The summed E-state index contributed by atoms with van der Waals surface area (Å²) in [5, 5.41) is 4.76. The van der Waals surface area contributed by atoms with Crippen molar-refractivity contribution < 1.29 is 9.59 Å². The fraction of sp³-hybridized carbons (Fsp3) is 0.400. The van der Waals surface area contributed by atoms with Crippen LogP contribution < -0.4 is 5.32 Å². The minimum absolute atomic E-state index is 0.0255. The highest BCUT2D eigenvalue weighted by molar-refractivity contribution is 7.13. The monoisotopic (exact) mass is 305 g/mol. The highest BCUT2D eigenvalue weighted by atomic mass is 32.1. The SMILES string of the molecule is CC(=O)C(NC(=O)Cn1ccnc1-c1cccs1)C(C)C. The Morgan fingerprint density at radius 1 is 1.43 bits per heavy atom. The first kappa shape index (κ1) is 15.4. The van der Waals surface area contributed by atoms with Crippen LogP contribution in [0.2, 0.25) is 0 Å². The van der Waals surface area contributed by atoms with E-state index in [9.17, 15) is 9.59 Å². The van der Waals surface area contributed by atoms with E-state index in [0.29, 0.717) is 0 Å². The molecule has 0 saturated heterocycles. The number of imidazole rings is 1. The van der Waals surface area contributed by atoms with Gasteiger partial charge in [-0.1, -0.05) is 19.9 Å². The maximum Gasteiger partial charge on any atom is 0.240 e. The van der Waals surface area contributed by atoms with Crippen LogP contribution in [0.25, 0.3) is 10.7 Å². The first-order valence-electron chi connectivity index (χ1n) is 6.84. The molecule has 1 unspecified atom stereocenters. The fourth-order valence-electron chi connectivity index (χ4n) is 2.18. The molecule has 6 heteroatoms. The first-order valence-corrected chi connectivity index (χ1v) is 7.72. The van der Waals surface area contributed by atoms with Gasteiger partial charge in [0.1, 0.15) is 12.4 Å². The Morgan fingerprint density at radius 3 is 2.76 bits per heavy atom. The first-order chi connectivity index (χ1) is 9.99. The number of ketones is 1. The summed E-state index contributed by atoms with van der Waals surface area (Å²) in [5.41, 5.74) is 0. The van der Waals surface area contributed by atoms with Crippen LogP contribution in [-0.2, 0) is 16.1 Å². The molecule has 0 radical (unpaired) electrons. The van der Waals surface area contributed by atoms with Gasteiger partial charge in [-0.05, 0) is 24.3 Å². The van der Waals surface area contributed by atoms with Crippen molar-refractivity contribution in [2.24, 2.45) is 5.92 Å². The van der Waals surface area contributed by atoms with Crippen molar-refractivity contribution in [3.63, 3.8) is 0 Å². The molecule has 1 amide bonds. The molecule has 0 aromatic carbocycles. The largest absolute Gasteiger partial charge is 0.344 e. The number of aromatic nitrogens is 2. The van der Waals surface area contributed by atoms with E-state index in [2.05, 4.69) is 10.3 Å². The number of rotatable bonds is 6. The van der Waals surface area contributed by atoms with Gasteiger partial charge >= 0.3 is 0 Å². The number of Topliss-reactive ketones (excluding diaryl/α,β-unsaturated/α-hetero) is 1. The molecule has 21 heavy (non-hydrogen) atoms. The van der Waals surface area contributed by atoms with Crippen LogP contribution in [0.1, 0.15) is 20.8 Å². The van der Waals surface area contributed by atoms with E-state index >= 15 is 0 Å². The summed E-state index contributed by atoms with van der Waals surface area (Å²) in [5.74, 6) is 0.636. The molecule has 2 aromatic rings. The number of nitrogens with zero attached hydrogens (tertiary/aromatic N) is 2. The third-order valence-corrected chi connectivity index (χ3v) is 4.06. The number of hydrogen-bond donors (Lipinski definition) is 1. The zero-order valence-electron chi connectivity index (χ0n) is 12.4. The molecule has 0 saturated carbocycles. The van der Waals surface area contributed by atoms with Crippen LogP contribution >= 0.6 is 11.3 Å². The van der Waals surface area contributed by atoms with Gasteiger partial charge in [0.25, 0.3) is 0 Å². The van der Waals surface area contributed by atoms with Crippen molar-refractivity contribution in [1.82, 2.24) is 14.9 Å². The van der Waals surface area contributed by atoms with Crippen LogP contribution in [0.3, 0.4) is 0 Å². The van der Waals surface area contributed by atoms with Crippen molar-refractivity contribution in [3.8, 4) is 10.7 Å². The minimum atomic E-state index is -0.439. The van der Waals surface area contributed by atoms with Crippen LogP contribution in [0.15, 0.2) is 29.9 Å². The minimum Gasteiger partial charge on any atom is -0.344 e. The summed E-state index contributed by atoms with van der Waals surface area (Å²) < 4.78 is 1.79. The van der Waals surface area contributed by atoms with Crippen molar-refractivity contribution in [3.05, 3.63) is 29.9 Å². The zero-order chi connectivity index (χ0) is 15.4. The highest BCUT2D eigenvalue weighted by Gasteiger charge is 2.21. The third kappa shape index (κ3) is 3.78. The van der Waals surface area contributed by atoms with E-state index < -0.39 is 6.04 Å². The molecule has 1 N–H and O–H groups in total. The van der Waals surface area contributed by atoms with Gasteiger partial charge in [-0.15, -0.1) is 11.3 Å². The van der Waals surface area contributed by atoms with E-state index in [1.807, 2.05) is 31.4 Å². The number of carbonyl (C=O) groups excluding carboxylic acids is 2. The lowest BCUT2D eigenvalue weighted by atomic mass is 10.0. The van der Waals surface area contributed by atoms with E-state index in [4.69, 9.17) is 0 Å². The Labute approximate surface area is 128 Å². The number of amides is 1. The molecule has 1 atom stereocenters. The number of hydrogen-bond acceptors (Lipinski definition) is 4. The molecule has 0 aliphatic heterocycles. The van der Waals surface area contributed by atoms with Gasteiger partial charge in [-0.25, -0.2) is 4.98 Å². The van der Waals surface area contributed by atoms with E-state index in [1.54, 1.807) is 28.3 Å². The standard InChI is InChI=1S/C15H19N3O2S/c1-10(2)14(11(3)19)17-13(20)9-18-7-6-16-15(18)12-5-4-8-21-12/h4-8,10,14H,9H2,1-3H3,(H,17,20). The molecule has 2 heterocycles. The molecular formula is C15H19N3O2S. The lowest BCUT2D eigenvalue weighted by Gasteiger charge is -2.19. The second-order valence-corrected chi connectivity index (χ2v) is 6.20. The average Bonchev–Trinajstić information content (AvgIpc) is 3.05. The lowest BCUT2D eigenvalue weighted by Crippen LogP contribution is -2.44. The smallest absolute Gasteiger partial charge is 0.240 e. The van der Waals surface area contributed by atoms with Gasteiger partial charge in [-0.3, -0.25) is 9.59 Å². The quantitative estimate of drug-likeness (QED) is 0.891. The third-order valence-electron chi connectivity index (χ3n) is 3.19. The molecule has 0 aliphatic rings. The van der Waals surface area contributed by atoms with Crippen molar-refractivity contribution in [2.45, 2.75) is 33.4 Å². The molecule has 0 bridgehead atoms. The normalized spacial score (nSPS) is 12.4. The maximum absolute atomic E-state index is 12.1. The Kier molecular flexibility index (Phi) is 4.90. The molecule has 0 spiro atoms. The predicted molar refractivity (Wildman–Crippen MR) is 83.0 cm³/mol. The molecule has 112 valence electrons. The summed E-state index contributed by atoms with van der Waals surface area (Å²) >= 11 is 1.58. The Morgan fingerprint density at radius 2 is 2.19 bits per heavy atom. The maximum atomic E-state index is 12.1. The number of thiophene rings is 1. The van der Waals surface area contributed by atoms with Gasteiger partial charge in [0, 0.05) is 12.4 Å². The summed E-state index contributed by atoms with van der Waals surface area (Å²) in [4.78, 5) is 29.0. The molecule has 0 aliphatic carbocycles. The Balaban J connectivity index is 2.07. The van der Waals surface area contributed by atoms with Crippen molar-refractivity contribution in [1.29, 1.82) is 0 Å². The molecule has 2 rings (SSSR count). The van der Waals surface area contributed by atoms with Crippen LogP contribution in [0.5, 0.6) is 0 Å². The average molecular weight is 305 g/mol. The Hall–Kier alpha value is -1.95. The van der Waals surface area contributed by atoms with Gasteiger partial charge in [0.2, 0.25) is 5.91 Å². The summed E-state index contributed by atoms with van der Waals surface area (Å²) in [6.45, 7) is 5.49. The number of nitrogens with one attached hydrogen (secondary N) is 1. The van der Waals surface area contributed by atoms with Gasteiger partial charge in [-0.2, -0.15) is 0 Å². The molecule has 5 nitrogen and oxygen atoms in total. The van der Waals surface area contributed by atoms with E-state index in [0.717, 1.165) is 10.7 Å². The topological polar surface area (TPSA) is 64.0 Å². The summed E-state index contributed by atoms with van der Waals surface area (Å²) in [7, 11) is 0. The van der Waals surface area contributed by atoms with Crippen molar-refractivity contribution in [2.75, 3.05) is 0 Å². The molecule has 0 fully saturated rings. The zero-order valence-corrected chi connectivity index (χ0v) is 13.2. The van der Waals surface area contributed by atoms with Crippen LogP contribution in [-0.4, -0.2) is 27.3 Å². The summed E-state index contributed by atoms with van der Waals surface area (Å²) in [6.07, 6.45) is 3.44. The van der Waals surface area contributed by atoms with Gasteiger partial charge in [0.15, 0.2) is 5.78 Å². The van der Waals surface area contributed by atoms with Crippen molar-refractivity contribution >= 4 is 23.0 Å². The van der Waals surface area contributed by atoms with E-state index in [-0.39, 0.29) is 24.2 Å².